The first-order valence-corrected chi connectivity index (χ1v) is 20.6. The van der Waals surface area contributed by atoms with Crippen LogP contribution < -0.4 is 5.32 Å². The van der Waals surface area contributed by atoms with Crippen molar-refractivity contribution in [1.29, 1.82) is 0 Å². The average Bonchev–Trinajstić information content (AvgIpc) is 3.24. The lowest BCUT2D eigenvalue weighted by atomic mass is 9.86. The topological polar surface area (TPSA) is 60.0 Å². The number of benzene rings is 6. The minimum Gasteiger partial charge on any atom is -0.445 e. The molecule has 11 heteroatoms. The predicted octanol–water partition coefficient (Wildman–Crippen LogP) is 11.5. The lowest BCUT2D eigenvalue weighted by Gasteiger charge is -2.38. The molecule has 2 fully saturated rings. The Balaban J connectivity index is 0.000000183. The number of halogens is 5. The molecule has 302 valence electrons. The highest BCUT2D eigenvalue weighted by molar-refractivity contribution is 6.67. The summed E-state index contributed by atoms with van der Waals surface area (Å²) < 4.78 is 44.7. The molecule has 2 aliphatic rings. The van der Waals surface area contributed by atoms with Gasteiger partial charge in [-0.1, -0.05) is 144 Å². The molecule has 0 saturated carbocycles. The van der Waals surface area contributed by atoms with E-state index in [0.29, 0.717) is 31.7 Å². The van der Waals surface area contributed by atoms with E-state index >= 15 is 0 Å². The van der Waals surface area contributed by atoms with E-state index in [4.69, 9.17) is 49.0 Å². The highest BCUT2D eigenvalue weighted by Gasteiger charge is 2.36. The van der Waals surface area contributed by atoms with Crippen LogP contribution in [0.5, 0.6) is 0 Å². The Hall–Kier alpha value is -4.28. The smallest absolute Gasteiger partial charge is 0.409 e. The van der Waals surface area contributed by atoms with Gasteiger partial charge in [0.2, 0.25) is 3.79 Å². The third-order valence-electron chi connectivity index (χ3n) is 10.8. The number of alkyl halides is 3. The van der Waals surface area contributed by atoms with E-state index in [-0.39, 0.29) is 42.7 Å². The summed E-state index contributed by atoms with van der Waals surface area (Å²) in [4.78, 5) is 14.0. The molecule has 0 bridgehead atoms. The number of rotatable bonds is 9. The van der Waals surface area contributed by atoms with Crippen molar-refractivity contribution in [3.63, 3.8) is 0 Å². The number of nitrogens with one attached hydrogen (secondary N) is 1. The molecule has 2 saturated heterocycles. The fourth-order valence-electron chi connectivity index (χ4n) is 7.82. The van der Waals surface area contributed by atoms with Gasteiger partial charge in [0.1, 0.15) is 18.2 Å². The van der Waals surface area contributed by atoms with Gasteiger partial charge in [-0.15, -0.1) is 0 Å². The summed E-state index contributed by atoms with van der Waals surface area (Å²) in [5, 5.41) is 8.08. The van der Waals surface area contributed by atoms with Crippen molar-refractivity contribution in [1.82, 2.24) is 10.2 Å². The number of piperidine rings is 2. The van der Waals surface area contributed by atoms with Crippen LogP contribution in [-0.2, 0) is 27.4 Å². The Labute approximate surface area is 352 Å². The van der Waals surface area contributed by atoms with Gasteiger partial charge < -0.3 is 24.4 Å². The molecule has 6 aromatic carbocycles. The summed E-state index contributed by atoms with van der Waals surface area (Å²) in [6.07, 6.45) is 0.377. The van der Waals surface area contributed by atoms with Crippen molar-refractivity contribution in [2.45, 2.75) is 53.9 Å². The first-order valence-electron chi connectivity index (χ1n) is 19.5. The van der Waals surface area contributed by atoms with E-state index in [1.165, 1.54) is 27.8 Å². The summed E-state index contributed by atoms with van der Waals surface area (Å²) in [7, 11) is 0. The van der Waals surface area contributed by atoms with Crippen molar-refractivity contribution in [2.24, 2.45) is 0 Å². The number of carbonyl (C=O) groups is 1. The van der Waals surface area contributed by atoms with Gasteiger partial charge in [-0.05, 0) is 87.5 Å². The van der Waals surface area contributed by atoms with Crippen LogP contribution in [0, 0.1) is 11.6 Å². The van der Waals surface area contributed by atoms with E-state index < -0.39 is 16.0 Å². The maximum absolute atomic E-state index is 14.6. The Kier molecular flexibility index (Phi) is 14.2. The Morgan fingerprint density at radius 1 is 0.655 bits per heavy atom. The number of hydrogen-bond acceptors (Lipinski definition) is 5. The van der Waals surface area contributed by atoms with Gasteiger partial charge in [-0.2, -0.15) is 0 Å². The fourth-order valence-corrected chi connectivity index (χ4v) is 7.98. The largest absolute Gasteiger partial charge is 0.445 e. The summed E-state index contributed by atoms with van der Waals surface area (Å²) in [5.74, 6) is -0.519. The van der Waals surface area contributed by atoms with Gasteiger partial charge in [-0.25, -0.2) is 13.6 Å². The van der Waals surface area contributed by atoms with Gasteiger partial charge >= 0.3 is 6.09 Å². The standard InChI is InChI=1S/C25H23Cl3FNO3.C22H22FNO/c26-25(27,28)16-33-24(31)30-12-11-21(20-7-3-4-8-22(20)29)23(14-30)32-15-17-9-10-18-5-1-2-6-19(18)13-17;23-21-8-4-3-7-19(21)20-11-12-24-14-22(20)25-15-16-9-10-17-5-1-2-6-18(17)13-16/h1-10,13,21,23H,11-12,14-16H2;1-10,13,20,22,24H,11-12,14-15H2. The number of hydrogen-bond donors (Lipinski definition) is 1. The molecular weight excluding hydrogens is 801 g/mol. The molecule has 1 N–H and O–H groups in total. The monoisotopic (exact) mass is 844 g/mol. The molecule has 6 nitrogen and oxygen atoms in total. The van der Waals surface area contributed by atoms with Crippen LogP contribution in [0.3, 0.4) is 0 Å². The molecule has 0 spiro atoms. The average molecular weight is 846 g/mol. The van der Waals surface area contributed by atoms with Crippen LogP contribution >= 0.6 is 34.8 Å². The van der Waals surface area contributed by atoms with E-state index in [9.17, 15) is 13.6 Å². The number of carbonyl (C=O) groups excluding carboxylic acids is 1. The van der Waals surface area contributed by atoms with Crippen LogP contribution in [-0.4, -0.2) is 59.8 Å². The first-order chi connectivity index (χ1) is 28.1. The van der Waals surface area contributed by atoms with Gasteiger partial charge in [0.15, 0.2) is 0 Å². The lowest BCUT2D eigenvalue weighted by molar-refractivity contribution is -0.0242. The van der Waals surface area contributed by atoms with Gasteiger partial charge in [0, 0.05) is 24.9 Å². The van der Waals surface area contributed by atoms with Crippen molar-refractivity contribution in [3.8, 4) is 0 Å². The SMILES string of the molecule is Fc1ccccc1C1CCNCC1OCc1ccc2ccccc2c1.O=C(OCC(Cl)(Cl)Cl)N1CCC(c2ccccc2F)C(OCc2ccc3ccccc3c2)C1. The number of fused-ring (bicyclic) bond motifs is 2. The molecule has 4 atom stereocenters. The number of nitrogens with zero attached hydrogens (tertiary/aromatic N) is 1. The summed E-state index contributed by atoms with van der Waals surface area (Å²) >= 11 is 17.1. The minimum atomic E-state index is -1.69. The molecule has 4 unspecified atom stereocenters. The van der Waals surface area contributed by atoms with E-state index in [1.54, 1.807) is 24.3 Å². The third kappa shape index (κ3) is 11.1. The molecule has 2 heterocycles. The third-order valence-corrected chi connectivity index (χ3v) is 11.1. The maximum atomic E-state index is 14.6. The van der Waals surface area contributed by atoms with E-state index in [0.717, 1.165) is 47.0 Å². The van der Waals surface area contributed by atoms with Gasteiger partial charge in [0.25, 0.3) is 0 Å². The van der Waals surface area contributed by atoms with Crippen molar-refractivity contribution >= 4 is 62.4 Å². The summed E-state index contributed by atoms with van der Waals surface area (Å²) in [6, 6.07) is 42.7. The van der Waals surface area contributed by atoms with Crippen LogP contribution in [0.15, 0.2) is 133 Å². The van der Waals surface area contributed by atoms with Crippen LogP contribution in [0.2, 0.25) is 0 Å². The zero-order valence-electron chi connectivity index (χ0n) is 31.8. The fraction of sp³-hybridized carbons (Fsp3) is 0.298. The van der Waals surface area contributed by atoms with Crippen molar-refractivity contribution < 1.29 is 27.8 Å². The maximum Gasteiger partial charge on any atom is 0.409 e. The molecular formula is C47H45Cl3F2N2O4. The van der Waals surface area contributed by atoms with Gasteiger partial charge in [-0.3, -0.25) is 0 Å². The van der Waals surface area contributed by atoms with Crippen LogP contribution in [0.4, 0.5) is 13.6 Å². The normalized spacial score (nSPS) is 19.7. The highest BCUT2D eigenvalue weighted by atomic mass is 35.6. The molecule has 8 rings (SSSR count). The molecule has 1 amide bonds. The number of amides is 1. The predicted molar refractivity (Wildman–Crippen MR) is 229 cm³/mol. The Morgan fingerprint density at radius 3 is 1.71 bits per heavy atom. The Morgan fingerprint density at radius 2 is 1.16 bits per heavy atom. The van der Waals surface area contributed by atoms with E-state index in [1.807, 2.05) is 54.6 Å². The second kappa shape index (κ2) is 19.6. The second-order valence-corrected chi connectivity index (χ2v) is 17.2. The second-order valence-electron chi connectivity index (χ2n) is 14.7. The zero-order chi connectivity index (χ0) is 40.5. The first kappa shape index (κ1) is 41.9. The molecule has 0 radical (unpaired) electrons. The highest BCUT2D eigenvalue weighted by Crippen LogP contribution is 2.34. The zero-order valence-corrected chi connectivity index (χ0v) is 34.1. The number of likely N-dealkylation sites (tertiary alicyclic amines) is 1. The summed E-state index contributed by atoms with van der Waals surface area (Å²) in [6.45, 7) is 2.80. The minimum absolute atomic E-state index is 0.0166. The molecule has 0 aromatic heterocycles. The molecule has 58 heavy (non-hydrogen) atoms. The van der Waals surface area contributed by atoms with Gasteiger partial charge in [0.05, 0.1) is 32.0 Å². The molecule has 0 aliphatic carbocycles. The molecule has 6 aromatic rings. The molecule has 2 aliphatic heterocycles. The Bertz CT molecular complexity index is 2310. The van der Waals surface area contributed by atoms with Crippen LogP contribution in [0.25, 0.3) is 21.5 Å². The quantitative estimate of drug-likeness (QED) is 0.147. The summed E-state index contributed by atoms with van der Waals surface area (Å²) in [5.41, 5.74) is 3.50. The lowest BCUT2D eigenvalue weighted by Crippen LogP contribution is -2.47. The number of ether oxygens (including phenoxy) is 3. The van der Waals surface area contributed by atoms with E-state index in [2.05, 4.69) is 47.8 Å². The van der Waals surface area contributed by atoms with Crippen LogP contribution in [0.1, 0.15) is 46.9 Å². The van der Waals surface area contributed by atoms with Crippen molar-refractivity contribution in [3.05, 3.63) is 167 Å². The van der Waals surface area contributed by atoms with Crippen molar-refractivity contribution in [2.75, 3.05) is 32.8 Å².